The fourth-order valence-electron chi connectivity index (χ4n) is 4.96. The number of halogens is 3. The van der Waals surface area contributed by atoms with Gasteiger partial charge in [-0.2, -0.15) is 0 Å². The van der Waals surface area contributed by atoms with Gasteiger partial charge >= 0.3 is 6.36 Å². The Labute approximate surface area is 273 Å². The minimum absolute atomic E-state index is 0.0223. The van der Waals surface area contributed by atoms with Crippen LogP contribution in [0.5, 0.6) is 5.75 Å². The maximum Gasteiger partial charge on any atom is 0.573 e. The molecule has 47 heavy (non-hydrogen) atoms. The first kappa shape index (κ1) is 36.0. The highest BCUT2D eigenvalue weighted by Crippen LogP contribution is 2.37. The zero-order valence-electron chi connectivity index (χ0n) is 26.8. The summed E-state index contributed by atoms with van der Waals surface area (Å²) in [5.41, 5.74) is 8.10. The molecule has 0 spiro atoms. The van der Waals surface area contributed by atoms with Crippen LogP contribution in [0.25, 0.3) is 0 Å². The summed E-state index contributed by atoms with van der Waals surface area (Å²) in [5.74, 6) is 0.685. The number of nitrogens with one attached hydrogen (secondary N) is 2. The molecule has 1 amide bonds. The average Bonchev–Trinajstić information content (AvgIpc) is 3.73. The number of rotatable bonds is 16. The van der Waals surface area contributed by atoms with Crippen molar-refractivity contribution in [1.82, 2.24) is 10.3 Å². The summed E-state index contributed by atoms with van der Waals surface area (Å²) in [5, 5.41) is 5.54. The van der Waals surface area contributed by atoms with Crippen molar-refractivity contribution < 1.29 is 35.9 Å². The van der Waals surface area contributed by atoms with Crippen LogP contribution < -0.4 is 25.4 Å². The Morgan fingerprint density at radius 3 is 2.40 bits per heavy atom. The molecular weight excluding hydrogens is 635 g/mol. The summed E-state index contributed by atoms with van der Waals surface area (Å²) in [4.78, 5) is 18.3. The third-order valence-corrected chi connectivity index (χ3v) is 10.2. The minimum Gasteiger partial charge on any atom is -0.406 e. The molecular formula is C33H42F3N5O5S. The Bertz CT molecular complexity index is 1610. The van der Waals surface area contributed by atoms with Crippen LogP contribution in [0.4, 0.5) is 24.8 Å². The summed E-state index contributed by atoms with van der Waals surface area (Å²) in [6, 6.07) is 16.5. The van der Waals surface area contributed by atoms with Crippen LogP contribution in [0.3, 0.4) is 0 Å². The summed E-state index contributed by atoms with van der Waals surface area (Å²) < 4.78 is 74.7. The Hall–Kier alpha value is -3.88. The van der Waals surface area contributed by atoms with Crippen molar-refractivity contribution in [2.24, 2.45) is 17.6 Å². The summed E-state index contributed by atoms with van der Waals surface area (Å²) in [6.45, 7) is 5.88. The number of aromatic nitrogens is 1. The third-order valence-electron chi connectivity index (χ3n) is 8.04. The van der Waals surface area contributed by atoms with E-state index < -0.39 is 39.6 Å². The molecule has 4 atom stereocenters. The van der Waals surface area contributed by atoms with Crippen LogP contribution in [0.15, 0.2) is 66.7 Å². The van der Waals surface area contributed by atoms with E-state index in [4.69, 9.17) is 10.5 Å². The second-order valence-electron chi connectivity index (χ2n) is 12.2. The van der Waals surface area contributed by atoms with Gasteiger partial charge in [0, 0.05) is 25.2 Å². The number of nitrogens with zero attached hydrogens (tertiary/aromatic N) is 2. The largest absolute Gasteiger partial charge is 0.573 e. The molecule has 3 aromatic rings. The lowest BCUT2D eigenvalue weighted by Crippen LogP contribution is -2.51. The summed E-state index contributed by atoms with van der Waals surface area (Å²) in [7, 11) is -2.32. The van der Waals surface area contributed by atoms with E-state index in [0.717, 1.165) is 16.3 Å². The van der Waals surface area contributed by atoms with E-state index in [1.807, 2.05) is 30.3 Å². The molecule has 0 aliphatic heterocycles. The van der Waals surface area contributed by atoms with Crippen molar-refractivity contribution in [2.75, 3.05) is 29.8 Å². The maximum atomic E-state index is 13.8. The first-order valence-electron chi connectivity index (χ1n) is 15.4. The second-order valence-corrected chi connectivity index (χ2v) is 14.7. The van der Waals surface area contributed by atoms with E-state index in [1.54, 1.807) is 26.0 Å². The smallest absolute Gasteiger partial charge is 0.406 e. The van der Waals surface area contributed by atoms with Gasteiger partial charge in [-0.15, -0.1) is 13.2 Å². The Morgan fingerprint density at radius 1 is 1.09 bits per heavy atom. The van der Waals surface area contributed by atoms with Crippen LogP contribution in [0, 0.1) is 11.8 Å². The standard InChI is InChI=1S/C33H42F3N5O5S/c1-21(2)47(43,44)41(4)31-17-25(16-30(40-31)38-18-26-13-22(26)3)32(42)39-29(15-23-9-6-5-7-10-23)28(37)20-45-19-24-11-8-12-27(14-24)46-33(34,35)36/h5-12,14,16-17,21-22,26,28-29H,13,15,18-20,37H2,1-4H3,(H,38,40)(H,39,42)/t22-,26?,28-,29-/m0/s1. The van der Waals surface area contributed by atoms with Crippen LogP contribution in [-0.2, 0) is 27.8 Å². The highest BCUT2D eigenvalue weighted by molar-refractivity contribution is 7.93. The van der Waals surface area contributed by atoms with Crippen molar-refractivity contribution in [2.45, 2.75) is 63.9 Å². The lowest BCUT2D eigenvalue weighted by Gasteiger charge is -2.26. The lowest BCUT2D eigenvalue weighted by molar-refractivity contribution is -0.274. The van der Waals surface area contributed by atoms with E-state index in [1.165, 1.54) is 31.3 Å². The Kier molecular flexibility index (Phi) is 11.7. The molecule has 1 aliphatic carbocycles. The van der Waals surface area contributed by atoms with Gasteiger partial charge in [-0.1, -0.05) is 49.4 Å². The van der Waals surface area contributed by atoms with Gasteiger partial charge in [-0.3, -0.25) is 9.10 Å². The van der Waals surface area contributed by atoms with Gasteiger partial charge in [-0.25, -0.2) is 13.4 Å². The molecule has 2 aromatic carbocycles. The van der Waals surface area contributed by atoms with Gasteiger partial charge in [0.25, 0.3) is 5.91 Å². The number of anilines is 2. The fraction of sp³-hybridized carbons (Fsp3) is 0.455. The van der Waals surface area contributed by atoms with Crippen LogP contribution in [0.2, 0.25) is 0 Å². The lowest BCUT2D eigenvalue weighted by atomic mass is 9.99. The van der Waals surface area contributed by atoms with Crippen molar-refractivity contribution in [3.05, 3.63) is 83.4 Å². The van der Waals surface area contributed by atoms with E-state index >= 15 is 0 Å². The second kappa shape index (κ2) is 15.3. The highest BCUT2D eigenvalue weighted by Gasteiger charge is 2.33. The van der Waals surface area contributed by atoms with Crippen LogP contribution >= 0.6 is 0 Å². The van der Waals surface area contributed by atoms with Gasteiger partial charge in [0.05, 0.1) is 24.5 Å². The number of benzene rings is 2. The molecule has 1 unspecified atom stereocenters. The number of carbonyl (C=O) groups excluding carboxylic acids is 1. The minimum atomic E-state index is -4.81. The molecule has 0 saturated heterocycles. The van der Waals surface area contributed by atoms with Crippen molar-refractivity contribution in [3.8, 4) is 5.75 Å². The molecule has 10 nitrogen and oxygen atoms in total. The molecule has 1 heterocycles. The Morgan fingerprint density at radius 2 is 1.77 bits per heavy atom. The summed E-state index contributed by atoms with van der Waals surface area (Å²) in [6.07, 6.45) is -3.38. The first-order chi connectivity index (χ1) is 22.1. The number of pyridine rings is 1. The highest BCUT2D eigenvalue weighted by atomic mass is 32.2. The predicted molar refractivity (Wildman–Crippen MR) is 175 cm³/mol. The average molecular weight is 678 g/mol. The maximum absolute atomic E-state index is 13.8. The molecule has 1 aromatic heterocycles. The number of hydrogen-bond donors (Lipinski definition) is 3. The van der Waals surface area contributed by atoms with E-state index in [-0.39, 0.29) is 30.3 Å². The molecule has 256 valence electrons. The van der Waals surface area contributed by atoms with Crippen molar-refractivity contribution >= 4 is 27.6 Å². The Balaban J connectivity index is 1.52. The van der Waals surface area contributed by atoms with Crippen molar-refractivity contribution in [1.29, 1.82) is 0 Å². The van der Waals surface area contributed by atoms with Gasteiger partial charge in [0.2, 0.25) is 10.0 Å². The zero-order chi connectivity index (χ0) is 34.4. The number of sulfonamides is 1. The van der Waals surface area contributed by atoms with Gasteiger partial charge in [0.1, 0.15) is 17.4 Å². The number of hydrogen-bond acceptors (Lipinski definition) is 8. The molecule has 1 saturated carbocycles. The summed E-state index contributed by atoms with van der Waals surface area (Å²) >= 11 is 0. The normalized spacial score (nSPS) is 17.6. The number of ether oxygens (including phenoxy) is 2. The van der Waals surface area contributed by atoms with E-state index in [0.29, 0.717) is 36.2 Å². The van der Waals surface area contributed by atoms with Gasteiger partial charge in [-0.05, 0) is 73.9 Å². The SMILES string of the molecule is CC(C)S(=O)(=O)N(C)c1cc(C(=O)N[C@@H](Cc2ccccc2)[C@@H](N)COCc2cccc(OC(F)(F)F)c2)cc(NCC2C[C@@H]2C)n1. The first-order valence-corrected chi connectivity index (χ1v) is 16.9. The molecule has 1 aliphatic rings. The van der Waals surface area contributed by atoms with Gasteiger partial charge < -0.3 is 25.8 Å². The monoisotopic (exact) mass is 677 g/mol. The van der Waals surface area contributed by atoms with Crippen molar-refractivity contribution in [3.63, 3.8) is 0 Å². The quantitative estimate of drug-likeness (QED) is 0.191. The molecule has 4 N–H and O–H groups in total. The molecule has 0 radical (unpaired) electrons. The van der Waals surface area contributed by atoms with Gasteiger partial charge in [0.15, 0.2) is 0 Å². The number of amides is 1. The van der Waals surface area contributed by atoms with Crippen LogP contribution in [-0.4, -0.2) is 63.2 Å². The molecule has 0 bridgehead atoms. The third kappa shape index (κ3) is 10.6. The number of alkyl halides is 3. The van der Waals surface area contributed by atoms with Crippen LogP contribution in [0.1, 0.15) is 48.7 Å². The molecule has 1 fully saturated rings. The topological polar surface area (TPSA) is 136 Å². The number of nitrogens with two attached hydrogens (primary N) is 1. The molecule has 14 heteroatoms. The predicted octanol–water partition coefficient (Wildman–Crippen LogP) is 5.11. The zero-order valence-corrected chi connectivity index (χ0v) is 27.6. The van der Waals surface area contributed by atoms with E-state index in [9.17, 15) is 26.4 Å². The fourth-order valence-corrected chi connectivity index (χ4v) is 5.94. The molecule has 4 rings (SSSR count). The number of carbonyl (C=O) groups is 1. The van der Waals surface area contributed by atoms with E-state index in [2.05, 4.69) is 27.3 Å².